The van der Waals surface area contributed by atoms with Crippen LogP contribution in [0, 0.1) is 0 Å². The molecule has 13 heavy (non-hydrogen) atoms. The molecule has 0 aromatic rings. The summed E-state index contributed by atoms with van der Waals surface area (Å²) in [6.45, 7) is 0. The molecule has 0 aromatic heterocycles. The van der Waals surface area contributed by atoms with Crippen molar-refractivity contribution < 1.29 is 53.6 Å². The first-order valence-corrected chi connectivity index (χ1v) is 5.40. The van der Waals surface area contributed by atoms with Crippen LogP contribution >= 0.6 is 0 Å². The van der Waals surface area contributed by atoms with Gasteiger partial charge in [0.1, 0.15) is 0 Å². The number of carboxylic acid groups (broad SMARTS) is 4. The van der Waals surface area contributed by atoms with Gasteiger partial charge in [-0.25, -0.2) is 0 Å². The molecular formula is C4H4O8V. The van der Waals surface area contributed by atoms with Gasteiger partial charge >= 0.3 is 72.4 Å². The van der Waals surface area contributed by atoms with E-state index in [1.54, 1.807) is 0 Å². The van der Waals surface area contributed by atoms with E-state index < -0.39 is 32.8 Å². The molecule has 0 aliphatic carbocycles. The van der Waals surface area contributed by atoms with Crippen molar-refractivity contribution >= 4 is 18.7 Å². The summed E-state index contributed by atoms with van der Waals surface area (Å²) < 4.78 is -9.15. The third kappa shape index (κ3) is 1.49. The van der Waals surface area contributed by atoms with Crippen LogP contribution in [0.5, 0.6) is 0 Å². The molecule has 0 aliphatic rings. The second-order valence-electron chi connectivity index (χ2n) is 1.80. The van der Waals surface area contributed by atoms with E-state index >= 15 is 0 Å². The summed E-state index contributed by atoms with van der Waals surface area (Å²) in [7, 11) is 0. The topological polar surface area (TPSA) is 149 Å². The maximum atomic E-state index is 10.3. The quantitative estimate of drug-likeness (QED) is 0.555. The fraction of sp³-hybridized carbons (Fsp3) is 0. The number of carbonyl (C=O) groups is 4. The zero-order valence-corrected chi connectivity index (χ0v) is 7.27. The Hall–Kier alpha value is -1.54. The van der Waals surface area contributed by atoms with Crippen molar-refractivity contribution in [1.82, 2.24) is 0 Å². The second kappa shape index (κ2) is 3.46. The van der Waals surface area contributed by atoms with Crippen LogP contribution in [0.1, 0.15) is 0 Å². The Labute approximate surface area is 73.0 Å². The van der Waals surface area contributed by atoms with Crippen molar-refractivity contribution in [2.45, 2.75) is 0 Å². The van der Waals surface area contributed by atoms with E-state index in [1.807, 2.05) is 0 Å². The summed E-state index contributed by atoms with van der Waals surface area (Å²) in [5.74, 6) is 0. The fourth-order valence-corrected chi connectivity index (χ4v) is 2.02. The van der Waals surface area contributed by atoms with Crippen molar-refractivity contribution in [3.8, 4) is 0 Å². The monoisotopic (exact) mass is 231 g/mol. The average Bonchev–Trinajstić information content (AvgIpc) is 1.82. The molecule has 0 unspecified atom stereocenters. The summed E-state index contributed by atoms with van der Waals surface area (Å²) >= 11 is -5.82. The molecule has 0 spiro atoms. The van der Waals surface area contributed by atoms with Gasteiger partial charge < -0.3 is 0 Å². The van der Waals surface area contributed by atoms with Crippen LogP contribution in [0.25, 0.3) is 0 Å². The third-order valence-corrected chi connectivity index (χ3v) is 4.73. The van der Waals surface area contributed by atoms with Gasteiger partial charge in [-0.3, -0.25) is 0 Å². The van der Waals surface area contributed by atoms with Gasteiger partial charge in [0.25, 0.3) is 0 Å². The molecule has 0 aromatic carbocycles. The van der Waals surface area contributed by atoms with Gasteiger partial charge in [-0.15, -0.1) is 0 Å². The Kier molecular flexibility index (Phi) is 3.05. The molecule has 0 saturated carbocycles. The van der Waals surface area contributed by atoms with Crippen molar-refractivity contribution in [1.29, 1.82) is 0 Å². The van der Waals surface area contributed by atoms with Crippen LogP contribution in [-0.2, 0) is 14.0 Å². The Bertz CT molecular complexity index is 231. The van der Waals surface area contributed by atoms with Gasteiger partial charge in [-0.2, -0.15) is 0 Å². The minimum atomic E-state index is -5.82. The standard InChI is InChI=1S/4CHO2.V/c4*2-1-3;/h4*(H,2,3);. The number of hydrogen-bond donors (Lipinski definition) is 4. The molecule has 0 amide bonds. The average molecular weight is 231 g/mol. The first kappa shape index (κ1) is 11.5. The Morgan fingerprint density at radius 1 is 0.615 bits per heavy atom. The van der Waals surface area contributed by atoms with Gasteiger partial charge in [0.15, 0.2) is 0 Å². The number of hydrogen-bond acceptors (Lipinski definition) is 4. The molecular weight excluding hydrogens is 227 g/mol. The summed E-state index contributed by atoms with van der Waals surface area (Å²) in [4.78, 5) is 41.1. The molecule has 0 fully saturated rings. The molecule has 0 saturated heterocycles. The van der Waals surface area contributed by atoms with Crippen molar-refractivity contribution in [2.24, 2.45) is 0 Å². The fourth-order valence-electron chi connectivity index (χ4n) is 0.491. The SMILES string of the molecule is O=[C](O)[V]([C](=O)O)([C](=O)O)[C](=O)O. The van der Waals surface area contributed by atoms with E-state index in [9.17, 15) is 19.2 Å². The molecule has 0 heterocycles. The van der Waals surface area contributed by atoms with Crippen LogP contribution in [-0.4, -0.2) is 39.2 Å². The maximum absolute atomic E-state index is 10.3. The van der Waals surface area contributed by atoms with E-state index in [-0.39, 0.29) is 0 Å². The van der Waals surface area contributed by atoms with Gasteiger partial charge in [-0.05, 0) is 0 Å². The summed E-state index contributed by atoms with van der Waals surface area (Å²) in [5, 5.41) is 33.1. The van der Waals surface area contributed by atoms with Crippen LogP contribution < -0.4 is 0 Å². The first-order valence-electron chi connectivity index (χ1n) is 2.61. The van der Waals surface area contributed by atoms with Crippen molar-refractivity contribution in [3.63, 3.8) is 0 Å². The van der Waals surface area contributed by atoms with Crippen LogP contribution in [0.4, 0.5) is 19.2 Å². The summed E-state index contributed by atoms with van der Waals surface area (Å²) in [6.07, 6.45) is 0. The van der Waals surface area contributed by atoms with Gasteiger partial charge in [0, 0.05) is 0 Å². The molecule has 0 rings (SSSR count). The zero-order valence-electron chi connectivity index (χ0n) is 5.87. The normalized spacial score (nSPS) is 10.5. The van der Waals surface area contributed by atoms with Gasteiger partial charge in [0.05, 0.1) is 0 Å². The Balaban J connectivity index is 5.60. The molecule has 0 atom stereocenters. The molecule has 0 bridgehead atoms. The molecule has 0 aliphatic heterocycles. The van der Waals surface area contributed by atoms with Crippen LogP contribution in [0.15, 0.2) is 0 Å². The van der Waals surface area contributed by atoms with E-state index in [0.717, 1.165) is 0 Å². The minimum absolute atomic E-state index is 2.29. The van der Waals surface area contributed by atoms with E-state index in [4.69, 9.17) is 20.4 Å². The molecule has 0 radical (unpaired) electrons. The van der Waals surface area contributed by atoms with Gasteiger partial charge in [-0.1, -0.05) is 0 Å². The van der Waals surface area contributed by atoms with Crippen molar-refractivity contribution in [2.75, 3.05) is 0 Å². The summed E-state index contributed by atoms with van der Waals surface area (Å²) in [6, 6.07) is 0. The molecule has 8 nitrogen and oxygen atoms in total. The Morgan fingerprint density at radius 2 is 0.769 bits per heavy atom. The molecule has 4 N–H and O–H groups in total. The zero-order chi connectivity index (χ0) is 10.8. The Morgan fingerprint density at radius 3 is 0.769 bits per heavy atom. The van der Waals surface area contributed by atoms with E-state index in [0.29, 0.717) is 0 Å². The second-order valence-corrected chi connectivity index (χ2v) is 6.29. The predicted octanol–water partition coefficient (Wildman–Crippen LogP) is 0.852. The van der Waals surface area contributed by atoms with E-state index in [1.165, 1.54) is 0 Å². The van der Waals surface area contributed by atoms with Crippen LogP contribution in [0.3, 0.4) is 0 Å². The van der Waals surface area contributed by atoms with Gasteiger partial charge in [0.2, 0.25) is 0 Å². The third-order valence-electron chi connectivity index (χ3n) is 1.15. The summed E-state index contributed by atoms with van der Waals surface area (Å²) in [5.41, 5.74) is 0. The predicted molar refractivity (Wildman–Crippen MR) is 32.1 cm³/mol. The first-order chi connectivity index (χ1) is 5.77. The van der Waals surface area contributed by atoms with Crippen LogP contribution in [0.2, 0.25) is 0 Å². The van der Waals surface area contributed by atoms with E-state index in [2.05, 4.69) is 0 Å². The van der Waals surface area contributed by atoms with Crippen molar-refractivity contribution in [3.05, 3.63) is 0 Å². The molecule has 9 heteroatoms. The number of rotatable bonds is 4. The molecule has 73 valence electrons.